The molecule has 1 amide bonds. The maximum absolute atomic E-state index is 12.6. The molecule has 3 rings (SSSR count). The summed E-state index contributed by atoms with van der Waals surface area (Å²) in [6.07, 6.45) is 3.73. The zero-order valence-electron chi connectivity index (χ0n) is 15.1. The average molecular weight is 358 g/mol. The third-order valence-electron chi connectivity index (χ3n) is 4.82. The summed E-state index contributed by atoms with van der Waals surface area (Å²) >= 11 is 0. The van der Waals surface area contributed by atoms with Gasteiger partial charge in [-0.15, -0.1) is 0 Å². The fraction of sp³-hybridized carbons (Fsp3) is 0.474. The van der Waals surface area contributed by atoms with Crippen LogP contribution < -0.4 is 10.1 Å². The summed E-state index contributed by atoms with van der Waals surface area (Å²) in [5.41, 5.74) is 2.05. The number of H-pyrrole nitrogens is 1. The van der Waals surface area contributed by atoms with Gasteiger partial charge in [0.15, 0.2) is 0 Å². The maximum atomic E-state index is 12.6. The second-order valence-corrected chi connectivity index (χ2v) is 6.64. The molecular formula is C19H26N4O3. The fourth-order valence-corrected chi connectivity index (χ4v) is 3.38. The van der Waals surface area contributed by atoms with Crippen LogP contribution in [0.2, 0.25) is 0 Å². The van der Waals surface area contributed by atoms with E-state index in [1.165, 1.54) is 0 Å². The molecule has 0 radical (unpaired) electrons. The SMILES string of the molecule is COc1cccc(-c2[nH]ncc2C(=O)NCCN2CCC[C@H](CO)C2)c1. The van der Waals surface area contributed by atoms with Crippen LogP contribution in [0, 0.1) is 5.92 Å². The van der Waals surface area contributed by atoms with Gasteiger partial charge in [0.05, 0.1) is 24.6 Å². The number of aliphatic hydroxyl groups excluding tert-OH is 1. The molecule has 2 aromatic rings. The smallest absolute Gasteiger partial charge is 0.255 e. The highest BCUT2D eigenvalue weighted by atomic mass is 16.5. The number of aliphatic hydroxyl groups is 1. The molecule has 26 heavy (non-hydrogen) atoms. The number of rotatable bonds is 7. The highest BCUT2D eigenvalue weighted by Gasteiger charge is 2.20. The zero-order valence-corrected chi connectivity index (χ0v) is 15.1. The van der Waals surface area contributed by atoms with Crippen molar-refractivity contribution in [3.63, 3.8) is 0 Å². The van der Waals surface area contributed by atoms with E-state index in [9.17, 15) is 9.90 Å². The first-order valence-electron chi connectivity index (χ1n) is 9.00. The predicted molar refractivity (Wildman–Crippen MR) is 99.2 cm³/mol. The van der Waals surface area contributed by atoms with Crippen LogP contribution in [0.3, 0.4) is 0 Å². The molecule has 0 aliphatic carbocycles. The summed E-state index contributed by atoms with van der Waals surface area (Å²) in [6, 6.07) is 7.52. The number of nitrogens with zero attached hydrogens (tertiary/aromatic N) is 2. The Balaban J connectivity index is 1.58. The number of likely N-dealkylation sites (tertiary alicyclic amines) is 1. The minimum Gasteiger partial charge on any atom is -0.497 e. The van der Waals surface area contributed by atoms with E-state index in [1.54, 1.807) is 13.3 Å². The Labute approximate surface area is 153 Å². The number of hydrogen-bond acceptors (Lipinski definition) is 5. The topological polar surface area (TPSA) is 90.5 Å². The van der Waals surface area contributed by atoms with E-state index >= 15 is 0 Å². The van der Waals surface area contributed by atoms with Crippen molar-refractivity contribution in [3.8, 4) is 17.0 Å². The Morgan fingerprint density at radius 3 is 3.19 bits per heavy atom. The molecule has 7 heteroatoms. The number of piperidine rings is 1. The number of aromatic amines is 1. The summed E-state index contributed by atoms with van der Waals surface area (Å²) in [6.45, 7) is 3.51. The van der Waals surface area contributed by atoms with Gasteiger partial charge in [0.2, 0.25) is 0 Å². The molecule has 1 atom stereocenters. The van der Waals surface area contributed by atoms with Crippen molar-refractivity contribution in [2.75, 3.05) is 39.9 Å². The van der Waals surface area contributed by atoms with Gasteiger partial charge in [-0.1, -0.05) is 12.1 Å². The first-order valence-corrected chi connectivity index (χ1v) is 9.00. The van der Waals surface area contributed by atoms with E-state index in [2.05, 4.69) is 20.4 Å². The fourth-order valence-electron chi connectivity index (χ4n) is 3.38. The van der Waals surface area contributed by atoms with E-state index in [-0.39, 0.29) is 12.5 Å². The number of carbonyl (C=O) groups is 1. The van der Waals surface area contributed by atoms with Crippen LogP contribution in [0.1, 0.15) is 23.2 Å². The van der Waals surface area contributed by atoms with Crippen molar-refractivity contribution < 1.29 is 14.6 Å². The number of methoxy groups -OCH3 is 1. The van der Waals surface area contributed by atoms with E-state index in [4.69, 9.17) is 4.74 Å². The molecule has 1 aromatic heterocycles. The van der Waals surface area contributed by atoms with Crippen molar-refractivity contribution in [1.82, 2.24) is 20.4 Å². The summed E-state index contributed by atoms with van der Waals surface area (Å²) in [5.74, 6) is 0.937. The Bertz CT molecular complexity index is 731. The molecule has 1 aliphatic heterocycles. The van der Waals surface area contributed by atoms with Gasteiger partial charge in [-0.2, -0.15) is 5.10 Å². The summed E-state index contributed by atoms with van der Waals surface area (Å²) < 4.78 is 5.25. The molecule has 0 bridgehead atoms. The highest BCUT2D eigenvalue weighted by molar-refractivity contribution is 5.99. The summed E-state index contributed by atoms with van der Waals surface area (Å²) in [4.78, 5) is 14.9. The van der Waals surface area contributed by atoms with E-state index < -0.39 is 0 Å². The van der Waals surface area contributed by atoms with Gasteiger partial charge in [0.1, 0.15) is 5.75 Å². The molecule has 1 saturated heterocycles. The standard InChI is InChI=1S/C19H26N4O3/c1-26-16-6-2-5-15(10-16)18-17(11-21-22-18)19(25)20-7-9-23-8-3-4-14(12-23)13-24/h2,5-6,10-11,14,24H,3-4,7-9,12-13H2,1H3,(H,20,25)(H,21,22)/t14-/m0/s1. The quantitative estimate of drug-likeness (QED) is 0.698. The number of ether oxygens (including phenoxy) is 1. The number of amides is 1. The third-order valence-corrected chi connectivity index (χ3v) is 4.82. The molecule has 1 aliphatic rings. The molecule has 0 unspecified atom stereocenters. The van der Waals surface area contributed by atoms with E-state index in [0.717, 1.165) is 43.8 Å². The van der Waals surface area contributed by atoms with Gasteiger partial charge in [-0.25, -0.2) is 0 Å². The van der Waals surface area contributed by atoms with Gasteiger partial charge in [-0.05, 0) is 37.4 Å². The van der Waals surface area contributed by atoms with Crippen LogP contribution in [0.15, 0.2) is 30.5 Å². The normalized spacial score (nSPS) is 17.8. The van der Waals surface area contributed by atoms with Gasteiger partial charge in [-0.3, -0.25) is 9.89 Å². The molecule has 0 spiro atoms. The molecule has 1 fully saturated rings. The zero-order chi connectivity index (χ0) is 18.4. The third kappa shape index (κ3) is 4.42. The van der Waals surface area contributed by atoms with Gasteiger partial charge in [0, 0.05) is 31.8 Å². The van der Waals surface area contributed by atoms with Gasteiger partial charge < -0.3 is 20.1 Å². The predicted octanol–water partition coefficient (Wildman–Crippen LogP) is 1.52. The molecule has 7 nitrogen and oxygen atoms in total. The largest absolute Gasteiger partial charge is 0.497 e. The van der Waals surface area contributed by atoms with E-state index in [1.807, 2.05) is 24.3 Å². The monoisotopic (exact) mass is 358 g/mol. The van der Waals surface area contributed by atoms with Crippen LogP contribution in [0.4, 0.5) is 0 Å². The number of hydrogen-bond donors (Lipinski definition) is 3. The van der Waals surface area contributed by atoms with Crippen LogP contribution >= 0.6 is 0 Å². The number of carbonyl (C=O) groups excluding carboxylic acids is 1. The molecule has 140 valence electrons. The Morgan fingerprint density at radius 2 is 2.38 bits per heavy atom. The first kappa shape index (κ1) is 18.4. The first-order chi connectivity index (χ1) is 12.7. The minimum atomic E-state index is -0.146. The Hall–Kier alpha value is -2.38. The lowest BCUT2D eigenvalue weighted by Gasteiger charge is -2.31. The lowest BCUT2D eigenvalue weighted by molar-refractivity contribution is 0.0931. The number of benzene rings is 1. The second-order valence-electron chi connectivity index (χ2n) is 6.64. The molecule has 2 heterocycles. The lowest BCUT2D eigenvalue weighted by Crippen LogP contribution is -2.41. The molecule has 3 N–H and O–H groups in total. The highest BCUT2D eigenvalue weighted by Crippen LogP contribution is 2.25. The maximum Gasteiger partial charge on any atom is 0.255 e. The van der Waals surface area contributed by atoms with Gasteiger partial charge >= 0.3 is 0 Å². The van der Waals surface area contributed by atoms with E-state index in [0.29, 0.717) is 23.7 Å². The lowest BCUT2D eigenvalue weighted by atomic mass is 9.99. The Kier molecular flexibility index (Phi) is 6.25. The van der Waals surface area contributed by atoms with Crippen molar-refractivity contribution in [3.05, 3.63) is 36.0 Å². The Morgan fingerprint density at radius 1 is 1.50 bits per heavy atom. The van der Waals surface area contributed by atoms with Crippen LogP contribution in [0.5, 0.6) is 5.75 Å². The van der Waals surface area contributed by atoms with Crippen molar-refractivity contribution >= 4 is 5.91 Å². The molecule has 0 saturated carbocycles. The molecular weight excluding hydrogens is 332 g/mol. The van der Waals surface area contributed by atoms with Crippen molar-refractivity contribution in [1.29, 1.82) is 0 Å². The summed E-state index contributed by atoms with van der Waals surface area (Å²) in [5, 5.41) is 19.2. The summed E-state index contributed by atoms with van der Waals surface area (Å²) in [7, 11) is 1.61. The van der Waals surface area contributed by atoms with Crippen LogP contribution in [-0.2, 0) is 0 Å². The minimum absolute atomic E-state index is 0.146. The van der Waals surface area contributed by atoms with Crippen molar-refractivity contribution in [2.45, 2.75) is 12.8 Å². The number of nitrogens with one attached hydrogen (secondary N) is 2. The average Bonchev–Trinajstić information content (AvgIpc) is 3.18. The van der Waals surface area contributed by atoms with Crippen LogP contribution in [0.25, 0.3) is 11.3 Å². The second kappa shape index (κ2) is 8.82. The molecule has 1 aromatic carbocycles. The van der Waals surface area contributed by atoms with Gasteiger partial charge in [0.25, 0.3) is 5.91 Å². The van der Waals surface area contributed by atoms with Crippen LogP contribution in [-0.4, -0.2) is 66.0 Å². The number of aromatic nitrogens is 2. The van der Waals surface area contributed by atoms with Crippen molar-refractivity contribution in [2.24, 2.45) is 5.92 Å².